The van der Waals surface area contributed by atoms with Crippen molar-refractivity contribution in [3.8, 4) is 101 Å². The van der Waals surface area contributed by atoms with Gasteiger partial charge in [0.15, 0.2) is 17.5 Å². The molecular formula is C59H33N5. The monoisotopic (exact) mass is 811 g/mol. The number of fused-ring (bicyclic) bond motifs is 8. The lowest BCUT2D eigenvalue weighted by Gasteiger charge is -2.16. The number of benzene rings is 9. The number of nitrogens with zero attached hydrogens (tertiary/aromatic N) is 5. The van der Waals surface area contributed by atoms with Crippen molar-refractivity contribution < 1.29 is 0 Å². The molecule has 0 aliphatic heterocycles. The van der Waals surface area contributed by atoms with Gasteiger partial charge in [-0.2, -0.15) is 0 Å². The Hall–Kier alpha value is -8.67. The molecule has 3 heterocycles. The van der Waals surface area contributed by atoms with Crippen molar-refractivity contribution in [1.82, 2.24) is 24.9 Å². The molecule has 9 aromatic carbocycles. The Morgan fingerprint density at radius 1 is 0.250 bits per heavy atom. The van der Waals surface area contributed by atoms with E-state index in [1.807, 2.05) is 48.8 Å². The third-order valence-corrected chi connectivity index (χ3v) is 13.2. The van der Waals surface area contributed by atoms with E-state index in [0.29, 0.717) is 17.5 Å². The highest BCUT2D eigenvalue weighted by Gasteiger charge is 2.25. The van der Waals surface area contributed by atoms with Crippen LogP contribution in [-0.4, -0.2) is 24.9 Å². The van der Waals surface area contributed by atoms with Crippen LogP contribution in [0.5, 0.6) is 0 Å². The molecule has 294 valence electrons. The minimum atomic E-state index is 0.546. The number of para-hydroxylation sites is 2. The van der Waals surface area contributed by atoms with Crippen LogP contribution in [0.4, 0.5) is 0 Å². The lowest BCUT2D eigenvalue weighted by atomic mass is 9.89. The Morgan fingerprint density at radius 2 is 0.609 bits per heavy atom. The first-order valence-corrected chi connectivity index (χ1v) is 21.6. The molecule has 0 saturated heterocycles. The lowest BCUT2D eigenvalue weighted by molar-refractivity contribution is 1.07. The van der Waals surface area contributed by atoms with E-state index in [-0.39, 0.29) is 0 Å². The van der Waals surface area contributed by atoms with Crippen molar-refractivity contribution in [3.63, 3.8) is 0 Å². The number of aromatic nitrogens is 5. The van der Waals surface area contributed by atoms with E-state index >= 15 is 0 Å². The summed E-state index contributed by atoms with van der Waals surface area (Å²) < 4.78 is 0. The van der Waals surface area contributed by atoms with Crippen molar-refractivity contribution >= 4 is 43.4 Å². The molecule has 0 atom stereocenters. The highest BCUT2D eigenvalue weighted by atomic mass is 15.0. The van der Waals surface area contributed by atoms with Crippen LogP contribution in [0.1, 0.15) is 0 Å². The van der Waals surface area contributed by atoms with Crippen LogP contribution in [0.2, 0.25) is 0 Å². The molecule has 14 rings (SSSR count). The van der Waals surface area contributed by atoms with Crippen LogP contribution in [-0.2, 0) is 0 Å². The molecule has 2 aliphatic carbocycles. The van der Waals surface area contributed by atoms with Gasteiger partial charge in [0.05, 0.1) is 11.0 Å². The molecule has 5 heteroatoms. The van der Waals surface area contributed by atoms with E-state index in [0.717, 1.165) is 60.8 Å². The van der Waals surface area contributed by atoms with Crippen LogP contribution < -0.4 is 0 Å². The zero-order valence-electron chi connectivity index (χ0n) is 34.3. The minimum absolute atomic E-state index is 0.546. The van der Waals surface area contributed by atoms with Gasteiger partial charge in [0.2, 0.25) is 0 Å². The second-order valence-corrected chi connectivity index (χ2v) is 16.8. The van der Waals surface area contributed by atoms with Crippen LogP contribution >= 0.6 is 0 Å². The Morgan fingerprint density at radius 3 is 1.08 bits per heavy atom. The van der Waals surface area contributed by atoms with Gasteiger partial charge in [0, 0.05) is 39.9 Å². The van der Waals surface area contributed by atoms with Gasteiger partial charge in [-0.1, -0.05) is 146 Å². The van der Waals surface area contributed by atoms with Crippen molar-refractivity contribution in [2.24, 2.45) is 0 Å². The summed E-state index contributed by atoms with van der Waals surface area (Å²) in [5.74, 6) is 1.66. The van der Waals surface area contributed by atoms with E-state index in [1.54, 1.807) is 0 Å². The molecule has 0 spiro atoms. The quantitative estimate of drug-likeness (QED) is 0.173. The van der Waals surface area contributed by atoms with Crippen LogP contribution in [0.3, 0.4) is 0 Å². The third kappa shape index (κ3) is 5.22. The van der Waals surface area contributed by atoms with Crippen molar-refractivity contribution in [2.45, 2.75) is 0 Å². The maximum Gasteiger partial charge on any atom is 0.165 e. The standard InChI is InChI=1S/C59H33N5/c1-7-21-53-34(11-1)27-39(32-60-53)58-62-57(63-59(64-58)40-28-35-12-2-8-22-54(35)61-33-40)38-30-36(41-23-25-51-45-15-5-3-13-43(45)49-19-9-17-47(41)55(49)51)29-37(31-38)42-24-26-52-46-16-6-4-14-44(46)50-20-10-18-48(42)56(50)52/h1-33H. The van der Waals surface area contributed by atoms with Gasteiger partial charge in [-0.15, -0.1) is 0 Å². The predicted octanol–water partition coefficient (Wildman–Crippen LogP) is 14.9. The molecule has 0 fully saturated rings. The molecule has 64 heavy (non-hydrogen) atoms. The molecule has 3 aromatic heterocycles. The number of rotatable bonds is 5. The van der Waals surface area contributed by atoms with Crippen molar-refractivity contribution in [2.75, 3.05) is 0 Å². The molecule has 5 nitrogen and oxygen atoms in total. The SMILES string of the molecule is c1ccc2c(c1)-c1cccc3c(-c4cc(-c5nc(-c6cnc7ccccc7c6)nc(-c6cnc7ccccc7c6)n5)cc(-c5ccc6c7c(cccc57)-c5ccccc5-6)c4)ccc-2c13. The maximum absolute atomic E-state index is 5.31. The molecule has 0 radical (unpaired) electrons. The Bertz CT molecular complexity index is 3670. The zero-order valence-corrected chi connectivity index (χ0v) is 34.3. The van der Waals surface area contributed by atoms with Gasteiger partial charge >= 0.3 is 0 Å². The summed E-state index contributed by atoms with van der Waals surface area (Å²) in [6, 6.07) is 67.5. The van der Waals surface area contributed by atoms with Crippen LogP contribution in [0.15, 0.2) is 200 Å². The van der Waals surface area contributed by atoms with Gasteiger partial charge in [-0.25, -0.2) is 15.0 Å². The molecule has 0 saturated carbocycles. The molecule has 0 bridgehead atoms. The first-order chi connectivity index (χ1) is 31.7. The average Bonchev–Trinajstić information content (AvgIpc) is 3.87. The second kappa shape index (κ2) is 13.4. The summed E-state index contributed by atoms with van der Waals surface area (Å²) >= 11 is 0. The Balaban J connectivity index is 1.04. The molecule has 0 N–H and O–H groups in total. The fourth-order valence-corrected chi connectivity index (χ4v) is 10.3. The van der Waals surface area contributed by atoms with Gasteiger partial charge in [0.1, 0.15) is 0 Å². The summed E-state index contributed by atoms with van der Waals surface area (Å²) in [5, 5.41) is 7.03. The summed E-state index contributed by atoms with van der Waals surface area (Å²) in [6.07, 6.45) is 3.72. The van der Waals surface area contributed by atoms with Gasteiger partial charge in [-0.05, 0) is 131 Å². The second-order valence-electron chi connectivity index (χ2n) is 16.8. The summed E-state index contributed by atoms with van der Waals surface area (Å²) in [6.45, 7) is 0. The molecular weight excluding hydrogens is 779 g/mol. The topological polar surface area (TPSA) is 64.5 Å². The number of hydrogen-bond acceptors (Lipinski definition) is 5. The van der Waals surface area contributed by atoms with Crippen molar-refractivity contribution in [1.29, 1.82) is 0 Å². The molecule has 12 aromatic rings. The van der Waals surface area contributed by atoms with E-state index in [1.165, 1.54) is 66.1 Å². The maximum atomic E-state index is 5.31. The van der Waals surface area contributed by atoms with Crippen LogP contribution in [0, 0.1) is 0 Å². The van der Waals surface area contributed by atoms with Gasteiger partial charge in [-0.3, -0.25) is 9.97 Å². The highest BCUT2D eigenvalue weighted by Crippen LogP contribution is 2.52. The molecule has 0 amide bonds. The normalized spacial score (nSPS) is 12.1. The Labute approximate surface area is 368 Å². The van der Waals surface area contributed by atoms with E-state index < -0.39 is 0 Å². The first kappa shape index (κ1) is 35.0. The van der Waals surface area contributed by atoms with Gasteiger partial charge < -0.3 is 0 Å². The van der Waals surface area contributed by atoms with E-state index in [2.05, 4.69) is 152 Å². The lowest BCUT2D eigenvalue weighted by Crippen LogP contribution is -2.01. The highest BCUT2D eigenvalue weighted by molar-refractivity contribution is 6.20. The molecule has 2 aliphatic rings. The smallest absolute Gasteiger partial charge is 0.165 e. The number of hydrogen-bond donors (Lipinski definition) is 0. The average molecular weight is 812 g/mol. The van der Waals surface area contributed by atoms with E-state index in [9.17, 15) is 0 Å². The predicted molar refractivity (Wildman–Crippen MR) is 261 cm³/mol. The molecule has 0 unspecified atom stereocenters. The number of pyridine rings is 2. The van der Waals surface area contributed by atoms with Crippen LogP contribution in [0.25, 0.3) is 144 Å². The first-order valence-electron chi connectivity index (χ1n) is 21.6. The summed E-state index contributed by atoms with van der Waals surface area (Å²) in [4.78, 5) is 25.4. The van der Waals surface area contributed by atoms with Gasteiger partial charge in [0.25, 0.3) is 0 Å². The zero-order chi connectivity index (χ0) is 41.9. The van der Waals surface area contributed by atoms with Crippen molar-refractivity contribution in [3.05, 3.63) is 200 Å². The largest absolute Gasteiger partial charge is 0.255 e. The van der Waals surface area contributed by atoms with E-state index in [4.69, 9.17) is 24.9 Å². The summed E-state index contributed by atoms with van der Waals surface area (Å²) in [5.41, 5.74) is 19.0. The minimum Gasteiger partial charge on any atom is -0.255 e. The Kier molecular flexibility index (Phi) is 7.33. The fourth-order valence-electron chi connectivity index (χ4n) is 10.3. The third-order valence-electron chi connectivity index (χ3n) is 13.2. The fraction of sp³-hybridized carbons (Fsp3) is 0. The summed E-state index contributed by atoms with van der Waals surface area (Å²) in [7, 11) is 0.